The molecule has 90 valence electrons. The quantitative estimate of drug-likeness (QED) is 0.807. The molecule has 1 rings (SSSR count). The second-order valence-corrected chi connectivity index (χ2v) is 8.26. The lowest BCUT2D eigenvalue weighted by Gasteiger charge is -2.10. The third-order valence-corrected chi connectivity index (χ3v) is 6.24. The molecule has 0 aromatic heterocycles. The van der Waals surface area contributed by atoms with Gasteiger partial charge in [0, 0.05) is 6.54 Å². The fourth-order valence-corrected chi connectivity index (χ4v) is 2.94. The van der Waals surface area contributed by atoms with E-state index in [4.69, 9.17) is 0 Å². The molecule has 0 aromatic carbocycles. The van der Waals surface area contributed by atoms with Crippen LogP contribution in [0.25, 0.3) is 0 Å². The van der Waals surface area contributed by atoms with E-state index in [0.29, 0.717) is 12.5 Å². The molecule has 0 bridgehead atoms. The summed E-state index contributed by atoms with van der Waals surface area (Å²) in [4.78, 5) is 0. The van der Waals surface area contributed by atoms with Gasteiger partial charge in [-0.1, -0.05) is 27.7 Å². The minimum atomic E-state index is -3.10. The highest BCUT2D eigenvalue weighted by Gasteiger charge is 2.64. The molecule has 0 unspecified atom stereocenters. The van der Waals surface area contributed by atoms with Gasteiger partial charge in [-0.2, -0.15) is 0 Å². The van der Waals surface area contributed by atoms with Crippen molar-refractivity contribution in [1.29, 1.82) is 0 Å². The van der Waals surface area contributed by atoms with Crippen LogP contribution in [0, 0.1) is 16.7 Å². The van der Waals surface area contributed by atoms with Gasteiger partial charge in [0.05, 0.1) is 5.25 Å². The van der Waals surface area contributed by atoms with Crippen LogP contribution in [0.15, 0.2) is 0 Å². The van der Waals surface area contributed by atoms with Crippen LogP contribution in [-0.2, 0) is 10.0 Å². The lowest BCUT2D eigenvalue weighted by molar-refractivity contribution is 0.457. The number of hydrogen-bond donors (Lipinski definition) is 1. The monoisotopic (exact) mass is 233 g/mol. The highest BCUT2D eigenvalue weighted by atomic mass is 32.2. The van der Waals surface area contributed by atoms with E-state index in [0.717, 1.165) is 0 Å². The predicted molar refractivity (Wildman–Crippen MR) is 63.1 cm³/mol. The maximum Gasteiger partial charge on any atom is 0.213 e. The summed E-state index contributed by atoms with van der Waals surface area (Å²) in [7, 11) is -3.10. The van der Waals surface area contributed by atoms with Crippen molar-refractivity contribution in [3.63, 3.8) is 0 Å². The summed E-state index contributed by atoms with van der Waals surface area (Å²) in [6, 6.07) is 0. The van der Waals surface area contributed by atoms with E-state index in [1.54, 1.807) is 13.8 Å². The molecule has 1 fully saturated rings. The Hall–Kier alpha value is -0.0900. The van der Waals surface area contributed by atoms with E-state index in [-0.39, 0.29) is 16.1 Å². The Morgan fingerprint density at radius 3 is 1.80 bits per heavy atom. The molecule has 3 nitrogen and oxygen atoms in total. The van der Waals surface area contributed by atoms with Crippen molar-refractivity contribution in [3.8, 4) is 0 Å². The molecule has 0 heterocycles. The highest BCUT2D eigenvalue weighted by molar-refractivity contribution is 7.90. The van der Waals surface area contributed by atoms with E-state index in [2.05, 4.69) is 32.4 Å². The molecule has 0 spiro atoms. The Bertz CT molecular complexity index is 328. The second kappa shape index (κ2) is 3.45. The van der Waals surface area contributed by atoms with Crippen LogP contribution < -0.4 is 4.72 Å². The Balaban J connectivity index is 2.56. The Morgan fingerprint density at radius 1 is 1.13 bits per heavy atom. The first kappa shape index (κ1) is 13.0. The maximum absolute atomic E-state index is 11.6. The van der Waals surface area contributed by atoms with Crippen LogP contribution in [0.3, 0.4) is 0 Å². The van der Waals surface area contributed by atoms with E-state index < -0.39 is 10.0 Å². The first-order valence-corrected chi connectivity index (χ1v) is 7.06. The van der Waals surface area contributed by atoms with Gasteiger partial charge in [0.25, 0.3) is 0 Å². The van der Waals surface area contributed by atoms with Crippen molar-refractivity contribution in [2.24, 2.45) is 16.7 Å². The molecule has 0 aliphatic heterocycles. The third-order valence-electron chi connectivity index (χ3n) is 4.43. The lowest BCUT2D eigenvalue weighted by Crippen LogP contribution is -2.33. The standard InChI is InChI=1S/C11H23NO2S/c1-8(2)15(13,14)12-7-9-10(3,4)11(9,5)6/h8-9,12H,7H2,1-6H3. The van der Waals surface area contributed by atoms with Gasteiger partial charge in [-0.25, -0.2) is 13.1 Å². The molecule has 0 aromatic rings. The largest absolute Gasteiger partial charge is 0.215 e. The van der Waals surface area contributed by atoms with Crippen molar-refractivity contribution >= 4 is 10.0 Å². The predicted octanol–water partition coefficient (Wildman–Crippen LogP) is 2.00. The average molecular weight is 233 g/mol. The minimum Gasteiger partial charge on any atom is -0.215 e. The normalized spacial score (nSPS) is 24.5. The zero-order valence-corrected chi connectivity index (χ0v) is 11.4. The molecule has 0 atom stereocenters. The average Bonchev–Trinajstić information content (AvgIpc) is 2.40. The van der Waals surface area contributed by atoms with Crippen molar-refractivity contribution in [2.75, 3.05) is 6.54 Å². The third kappa shape index (κ3) is 2.07. The maximum atomic E-state index is 11.6. The van der Waals surface area contributed by atoms with Crippen LogP contribution in [0.5, 0.6) is 0 Å². The van der Waals surface area contributed by atoms with E-state index in [9.17, 15) is 8.42 Å². The van der Waals surface area contributed by atoms with Gasteiger partial charge >= 0.3 is 0 Å². The molecule has 1 aliphatic carbocycles. The number of rotatable bonds is 4. The summed E-state index contributed by atoms with van der Waals surface area (Å²) in [6.07, 6.45) is 0. The zero-order valence-electron chi connectivity index (χ0n) is 10.6. The molecule has 15 heavy (non-hydrogen) atoms. The smallest absolute Gasteiger partial charge is 0.213 e. The summed E-state index contributed by atoms with van der Waals surface area (Å²) in [5.41, 5.74) is 0.485. The SMILES string of the molecule is CC(C)S(=O)(=O)NCC1C(C)(C)C1(C)C. The van der Waals surface area contributed by atoms with Gasteiger partial charge in [0.15, 0.2) is 0 Å². The van der Waals surface area contributed by atoms with Gasteiger partial charge in [-0.15, -0.1) is 0 Å². The molecule has 0 radical (unpaired) electrons. The van der Waals surface area contributed by atoms with Gasteiger partial charge in [0.1, 0.15) is 0 Å². The number of sulfonamides is 1. The highest BCUT2D eigenvalue weighted by Crippen LogP contribution is 2.67. The van der Waals surface area contributed by atoms with Gasteiger partial charge in [-0.3, -0.25) is 0 Å². The summed E-state index contributed by atoms with van der Waals surface area (Å²) >= 11 is 0. The van der Waals surface area contributed by atoms with E-state index in [1.165, 1.54) is 0 Å². The Morgan fingerprint density at radius 2 is 1.53 bits per heavy atom. The van der Waals surface area contributed by atoms with Crippen LogP contribution in [-0.4, -0.2) is 20.2 Å². The van der Waals surface area contributed by atoms with Gasteiger partial charge in [-0.05, 0) is 30.6 Å². The topological polar surface area (TPSA) is 46.2 Å². The van der Waals surface area contributed by atoms with Crippen molar-refractivity contribution in [1.82, 2.24) is 4.72 Å². The van der Waals surface area contributed by atoms with Crippen molar-refractivity contribution in [3.05, 3.63) is 0 Å². The Labute approximate surface area is 93.7 Å². The van der Waals surface area contributed by atoms with Crippen LogP contribution in [0.2, 0.25) is 0 Å². The first-order valence-electron chi connectivity index (χ1n) is 5.52. The van der Waals surface area contributed by atoms with Crippen molar-refractivity contribution in [2.45, 2.75) is 46.8 Å². The van der Waals surface area contributed by atoms with E-state index >= 15 is 0 Å². The number of hydrogen-bond acceptors (Lipinski definition) is 2. The van der Waals surface area contributed by atoms with Gasteiger partial charge in [0.2, 0.25) is 10.0 Å². The number of nitrogens with one attached hydrogen (secondary N) is 1. The summed E-state index contributed by atoms with van der Waals surface area (Å²) in [6.45, 7) is 12.8. The van der Waals surface area contributed by atoms with Crippen molar-refractivity contribution < 1.29 is 8.42 Å². The molecule has 1 N–H and O–H groups in total. The second-order valence-electron chi connectivity index (χ2n) is 5.94. The minimum absolute atomic E-state index is 0.243. The molecule has 0 amide bonds. The first-order chi connectivity index (χ1) is 6.53. The van der Waals surface area contributed by atoms with Crippen LogP contribution in [0.1, 0.15) is 41.5 Å². The summed E-state index contributed by atoms with van der Waals surface area (Å²) < 4.78 is 25.9. The Kier molecular flexibility index (Phi) is 2.99. The zero-order chi connectivity index (χ0) is 12.1. The molecule has 4 heteroatoms. The fourth-order valence-electron chi connectivity index (χ4n) is 2.21. The summed E-state index contributed by atoms with van der Waals surface area (Å²) in [5, 5.41) is -0.345. The lowest BCUT2D eigenvalue weighted by atomic mass is 10.0. The van der Waals surface area contributed by atoms with Crippen LogP contribution in [0.4, 0.5) is 0 Å². The fraction of sp³-hybridized carbons (Fsp3) is 1.00. The van der Waals surface area contributed by atoms with E-state index in [1.807, 2.05) is 0 Å². The van der Waals surface area contributed by atoms with Crippen LogP contribution >= 0.6 is 0 Å². The van der Waals surface area contributed by atoms with Gasteiger partial charge < -0.3 is 0 Å². The molecule has 0 saturated heterocycles. The summed E-state index contributed by atoms with van der Waals surface area (Å²) in [5.74, 6) is 0.443. The molecular weight excluding hydrogens is 210 g/mol. The molecule has 1 aliphatic rings. The molecular formula is C11H23NO2S. The molecule has 1 saturated carbocycles.